The van der Waals surface area contributed by atoms with Crippen molar-refractivity contribution in [3.63, 3.8) is 0 Å². The molecule has 0 aliphatic carbocycles. The Hall–Kier alpha value is -1.04. The van der Waals surface area contributed by atoms with Gasteiger partial charge in [-0.05, 0) is 30.4 Å². The van der Waals surface area contributed by atoms with Crippen LogP contribution in [0.1, 0.15) is 12.8 Å². The second-order valence-electron chi connectivity index (χ2n) is 4.21. The Morgan fingerprint density at radius 2 is 2.12 bits per heavy atom. The van der Waals surface area contributed by atoms with Crippen LogP contribution in [0.2, 0.25) is 0 Å². The first-order valence-corrected chi connectivity index (χ1v) is 5.56. The molecule has 1 fully saturated rings. The number of rotatable bonds is 2. The largest absolute Gasteiger partial charge is 0.488 e. The lowest BCUT2D eigenvalue weighted by Gasteiger charge is -2.32. The van der Waals surface area contributed by atoms with E-state index < -0.39 is 7.12 Å². The molecule has 2 rings (SSSR count). The van der Waals surface area contributed by atoms with Crippen molar-refractivity contribution in [1.29, 1.82) is 0 Å². The predicted octanol–water partition coefficient (Wildman–Crippen LogP) is -0.673. The van der Waals surface area contributed by atoms with E-state index in [1.165, 1.54) is 0 Å². The molecule has 5 heteroatoms. The first-order valence-electron chi connectivity index (χ1n) is 5.56. The molecule has 1 aromatic carbocycles. The van der Waals surface area contributed by atoms with Gasteiger partial charge in [-0.1, -0.05) is 12.1 Å². The normalized spacial score (nSPS) is 20.9. The Labute approximate surface area is 95.3 Å². The maximum Gasteiger partial charge on any atom is 0.488 e. The van der Waals surface area contributed by atoms with Crippen molar-refractivity contribution in [1.82, 2.24) is 0 Å². The van der Waals surface area contributed by atoms with Gasteiger partial charge in [0.05, 0.1) is 6.10 Å². The summed E-state index contributed by atoms with van der Waals surface area (Å²) < 4.78 is 0. The fraction of sp³-hybridized carbons (Fsp3) is 0.455. The third-order valence-corrected chi connectivity index (χ3v) is 2.93. The Bertz CT molecular complexity index is 359. The molecular weight excluding hydrogens is 205 g/mol. The van der Waals surface area contributed by atoms with Crippen molar-refractivity contribution in [2.24, 2.45) is 0 Å². The van der Waals surface area contributed by atoms with Gasteiger partial charge >= 0.3 is 7.12 Å². The number of anilines is 1. The van der Waals surface area contributed by atoms with Crippen molar-refractivity contribution in [3.8, 4) is 0 Å². The van der Waals surface area contributed by atoms with E-state index in [9.17, 15) is 5.11 Å². The SMILES string of the molecule is OB(O)c1cccc(N2CCCC(O)C2)c1. The topological polar surface area (TPSA) is 63.9 Å². The number of β-amino-alcohol motifs (C(OH)–C–C–N with tert-alkyl or cyclic N) is 1. The van der Waals surface area contributed by atoms with Crippen LogP contribution in [0.5, 0.6) is 0 Å². The lowest BCUT2D eigenvalue weighted by molar-refractivity contribution is 0.154. The number of aliphatic hydroxyl groups excluding tert-OH is 1. The molecule has 0 radical (unpaired) electrons. The predicted molar refractivity (Wildman–Crippen MR) is 63.7 cm³/mol. The van der Waals surface area contributed by atoms with Crippen LogP contribution in [0, 0.1) is 0 Å². The minimum Gasteiger partial charge on any atom is -0.423 e. The number of benzene rings is 1. The third-order valence-electron chi connectivity index (χ3n) is 2.93. The Balaban J connectivity index is 2.16. The highest BCUT2D eigenvalue weighted by Gasteiger charge is 2.19. The molecule has 1 aromatic rings. The van der Waals surface area contributed by atoms with Gasteiger partial charge in [0.2, 0.25) is 0 Å². The van der Waals surface area contributed by atoms with E-state index in [1.807, 2.05) is 6.07 Å². The molecule has 0 bridgehead atoms. The van der Waals surface area contributed by atoms with E-state index >= 15 is 0 Å². The van der Waals surface area contributed by atoms with Crippen molar-refractivity contribution in [3.05, 3.63) is 24.3 Å². The highest BCUT2D eigenvalue weighted by molar-refractivity contribution is 6.58. The minimum absolute atomic E-state index is 0.281. The summed E-state index contributed by atoms with van der Waals surface area (Å²) >= 11 is 0. The lowest BCUT2D eigenvalue weighted by Crippen LogP contribution is -2.39. The van der Waals surface area contributed by atoms with Crippen molar-refractivity contribution in [2.45, 2.75) is 18.9 Å². The van der Waals surface area contributed by atoms with Gasteiger partial charge in [0.25, 0.3) is 0 Å². The fourth-order valence-corrected chi connectivity index (χ4v) is 2.07. The molecule has 0 spiro atoms. The van der Waals surface area contributed by atoms with Gasteiger partial charge < -0.3 is 20.1 Å². The van der Waals surface area contributed by atoms with Crippen LogP contribution in [0.3, 0.4) is 0 Å². The summed E-state index contributed by atoms with van der Waals surface area (Å²) in [4.78, 5) is 2.07. The number of hydrogen-bond acceptors (Lipinski definition) is 4. The molecule has 0 saturated carbocycles. The Morgan fingerprint density at radius 3 is 2.81 bits per heavy atom. The molecule has 1 aliphatic rings. The van der Waals surface area contributed by atoms with Crippen LogP contribution in [0.15, 0.2) is 24.3 Å². The van der Waals surface area contributed by atoms with E-state index in [0.29, 0.717) is 12.0 Å². The highest BCUT2D eigenvalue weighted by atomic mass is 16.4. The van der Waals surface area contributed by atoms with Gasteiger partial charge in [0, 0.05) is 18.8 Å². The summed E-state index contributed by atoms with van der Waals surface area (Å²) in [5, 5.41) is 27.8. The second-order valence-corrected chi connectivity index (χ2v) is 4.21. The summed E-state index contributed by atoms with van der Waals surface area (Å²) in [5.74, 6) is 0. The second kappa shape index (κ2) is 4.87. The van der Waals surface area contributed by atoms with Crippen molar-refractivity contribution < 1.29 is 15.2 Å². The summed E-state index contributed by atoms with van der Waals surface area (Å²) in [7, 11) is -1.44. The zero-order chi connectivity index (χ0) is 11.5. The van der Waals surface area contributed by atoms with Gasteiger partial charge in [-0.2, -0.15) is 0 Å². The number of hydrogen-bond donors (Lipinski definition) is 3. The maximum absolute atomic E-state index is 9.58. The molecule has 4 nitrogen and oxygen atoms in total. The quantitative estimate of drug-likeness (QED) is 0.579. The average molecular weight is 221 g/mol. The molecule has 3 N–H and O–H groups in total. The van der Waals surface area contributed by atoms with E-state index in [-0.39, 0.29) is 6.10 Å². The van der Waals surface area contributed by atoms with Gasteiger partial charge in [-0.15, -0.1) is 0 Å². The first-order chi connectivity index (χ1) is 7.66. The summed E-state index contributed by atoms with van der Waals surface area (Å²) in [5.41, 5.74) is 1.42. The van der Waals surface area contributed by atoms with Crippen LogP contribution in [-0.2, 0) is 0 Å². The van der Waals surface area contributed by atoms with Crippen LogP contribution < -0.4 is 10.4 Å². The zero-order valence-electron chi connectivity index (χ0n) is 9.08. The molecule has 1 atom stereocenters. The van der Waals surface area contributed by atoms with E-state index in [4.69, 9.17) is 10.0 Å². The molecular formula is C11H16BNO3. The van der Waals surface area contributed by atoms with Crippen LogP contribution in [0.25, 0.3) is 0 Å². The average Bonchev–Trinajstić information content (AvgIpc) is 2.29. The molecule has 16 heavy (non-hydrogen) atoms. The van der Waals surface area contributed by atoms with Gasteiger partial charge in [0.1, 0.15) is 0 Å². The van der Waals surface area contributed by atoms with Gasteiger partial charge in [-0.3, -0.25) is 0 Å². The molecule has 0 aromatic heterocycles. The lowest BCUT2D eigenvalue weighted by atomic mass is 9.80. The molecule has 1 aliphatic heterocycles. The third kappa shape index (κ3) is 2.55. The summed E-state index contributed by atoms with van der Waals surface area (Å²) in [6.07, 6.45) is 1.53. The van der Waals surface area contributed by atoms with E-state index in [0.717, 1.165) is 25.1 Å². The standard InChI is InChI=1S/C11H16BNO3/c14-11-5-2-6-13(8-11)10-4-1-3-9(7-10)12(15)16/h1,3-4,7,11,14-16H,2,5-6,8H2. The summed E-state index contributed by atoms with van der Waals surface area (Å²) in [6, 6.07) is 7.15. The van der Waals surface area contributed by atoms with Gasteiger partial charge in [0.15, 0.2) is 0 Å². The monoisotopic (exact) mass is 221 g/mol. The fourth-order valence-electron chi connectivity index (χ4n) is 2.07. The molecule has 1 saturated heterocycles. The molecule has 1 heterocycles. The van der Waals surface area contributed by atoms with E-state index in [1.54, 1.807) is 18.2 Å². The Kier molecular flexibility index (Phi) is 3.48. The van der Waals surface area contributed by atoms with Crippen molar-refractivity contribution in [2.75, 3.05) is 18.0 Å². The molecule has 1 unspecified atom stereocenters. The number of aliphatic hydroxyl groups is 1. The molecule has 0 amide bonds. The highest BCUT2D eigenvalue weighted by Crippen LogP contribution is 2.18. The van der Waals surface area contributed by atoms with Crippen LogP contribution >= 0.6 is 0 Å². The van der Waals surface area contributed by atoms with E-state index in [2.05, 4.69) is 4.90 Å². The molecule has 86 valence electrons. The van der Waals surface area contributed by atoms with Crippen LogP contribution in [-0.4, -0.2) is 41.5 Å². The van der Waals surface area contributed by atoms with Crippen LogP contribution in [0.4, 0.5) is 5.69 Å². The van der Waals surface area contributed by atoms with Crippen molar-refractivity contribution >= 4 is 18.3 Å². The number of piperidine rings is 1. The smallest absolute Gasteiger partial charge is 0.423 e. The number of nitrogens with zero attached hydrogens (tertiary/aromatic N) is 1. The van der Waals surface area contributed by atoms with Gasteiger partial charge in [-0.25, -0.2) is 0 Å². The summed E-state index contributed by atoms with van der Waals surface area (Å²) in [6.45, 7) is 1.52. The minimum atomic E-state index is -1.44. The zero-order valence-corrected chi connectivity index (χ0v) is 9.08. The maximum atomic E-state index is 9.58. The Morgan fingerprint density at radius 1 is 1.31 bits per heavy atom. The first kappa shape index (κ1) is 11.5.